The summed E-state index contributed by atoms with van der Waals surface area (Å²) in [6.45, 7) is 5.20. The fourth-order valence-electron chi connectivity index (χ4n) is 3.97. The zero-order valence-electron chi connectivity index (χ0n) is 21.3. The first kappa shape index (κ1) is 28.2. The third-order valence-corrected chi connectivity index (χ3v) is 5.93. The summed E-state index contributed by atoms with van der Waals surface area (Å²) in [5, 5.41) is 14.2. The summed E-state index contributed by atoms with van der Waals surface area (Å²) in [6.07, 6.45) is 0.711. The molecule has 3 N–H and O–H groups in total. The average molecular weight is 491 g/mol. The van der Waals surface area contributed by atoms with E-state index in [0.29, 0.717) is 16.8 Å². The van der Waals surface area contributed by atoms with Crippen LogP contribution in [0.5, 0.6) is 0 Å². The fraction of sp³-hybridized carbons (Fsp3) is 0.280. The van der Waals surface area contributed by atoms with E-state index in [1.165, 1.54) is 30.2 Å². The molecule has 0 aliphatic carbocycles. The summed E-state index contributed by atoms with van der Waals surface area (Å²) in [5.41, 5.74) is 3.59. The van der Waals surface area contributed by atoms with Crippen LogP contribution in [0, 0.1) is 19.7 Å². The van der Waals surface area contributed by atoms with Gasteiger partial charge in [-0.25, -0.2) is 9.18 Å². The van der Waals surface area contributed by atoms with Crippen LogP contribution in [0.25, 0.3) is 11.1 Å². The van der Waals surface area contributed by atoms with E-state index < -0.39 is 48.0 Å². The van der Waals surface area contributed by atoms with E-state index >= 15 is 0 Å². The standard InChI is InChI=1S/C25H26FN3O5.Na.H/c1-13-7-5-6-8-17(13)18-10-16(26)11-19(15(18)3)20(12-22(31)32)27-25(34)28-23-21(30)9-14(2)29(4)24(23)33;;/h5-11,20,23H,12H2,1-4H3,(H,31,32)(H2,27,28,34);;/q;+1;-1. The first-order valence-electron chi connectivity index (χ1n) is 10.6. The van der Waals surface area contributed by atoms with Gasteiger partial charge in [-0.2, -0.15) is 0 Å². The molecule has 180 valence electrons. The molecule has 8 nitrogen and oxygen atoms in total. The van der Waals surface area contributed by atoms with Crippen LogP contribution in [-0.2, 0) is 14.4 Å². The molecule has 2 aromatic rings. The van der Waals surface area contributed by atoms with Crippen LogP contribution in [0.2, 0.25) is 0 Å². The Morgan fingerprint density at radius 1 is 1.14 bits per heavy atom. The third kappa shape index (κ3) is 6.36. The number of halogens is 1. The van der Waals surface area contributed by atoms with E-state index in [1.807, 2.05) is 31.2 Å². The van der Waals surface area contributed by atoms with Crippen LogP contribution in [0.3, 0.4) is 0 Å². The van der Waals surface area contributed by atoms with E-state index in [1.54, 1.807) is 13.8 Å². The smallest absolute Gasteiger partial charge is 1.00 e. The van der Waals surface area contributed by atoms with Crippen molar-refractivity contribution in [1.82, 2.24) is 15.5 Å². The molecule has 35 heavy (non-hydrogen) atoms. The number of nitrogens with zero attached hydrogens (tertiary/aromatic N) is 1. The molecular formula is C25H27FN3NaO5. The zero-order chi connectivity index (χ0) is 25.2. The number of hydrogen-bond acceptors (Lipinski definition) is 4. The maximum absolute atomic E-state index is 14.6. The number of carbonyl (C=O) groups is 4. The first-order valence-corrected chi connectivity index (χ1v) is 10.6. The Morgan fingerprint density at radius 2 is 1.80 bits per heavy atom. The Hall–Kier alpha value is -3.01. The number of benzene rings is 2. The third-order valence-electron chi connectivity index (χ3n) is 5.93. The minimum Gasteiger partial charge on any atom is -1.00 e. The van der Waals surface area contributed by atoms with Crippen molar-refractivity contribution in [2.24, 2.45) is 0 Å². The maximum atomic E-state index is 14.6. The molecule has 0 radical (unpaired) electrons. The van der Waals surface area contributed by atoms with Gasteiger partial charge in [0.15, 0.2) is 11.8 Å². The maximum Gasteiger partial charge on any atom is 1.00 e. The Bertz CT molecular complexity index is 1220. The normalized spacial score (nSPS) is 16.2. The number of rotatable bonds is 6. The zero-order valence-corrected chi connectivity index (χ0v) is 22.3. The number of carbonyl (C=O) groups excluding carboxylic acids is 3. The SMILES string of the molecule is CC1=CC(=O)C(NC(=O)NC(CC(=O)O)c2cc(F)cc(-c3ccccc3C)c2C)C(=O)N1C.[H-].[Na+]. The molecular weight excluding hydrogens is 464 g/mol. The molecule has 1 aliphatic heterocycles. The van der Waals surface area contributed by atoms with Crippen molar-refractivity contribution < 1.29 is 59.7 Å². The number of carboxylic acids is 1. The second kappa shape index (κ2) is 11.6. The van der Waals surface area contributed by atoms with E-state index in [0.717, 1.165) is 11.1 Å². The molecule has 3 rings (SSSR count). The minimum absolute atomic E-state index is 0. The number of nitrogens with one attached hydrogen (secondary N) is 2. The largest absolute Gasteiger partial charge is 1.00 e. The van der Waals surface area contributed by atoms with E-state index in [4.69, 9.17) is 0 Å². The Kier molecular flexibility index (Phi) is 9.37. The van der Waals surface area contributed by atoms with Crippen LogP contribution in [-0.4, -0.2) is 46.8 Å². The molecule has 2 aromatic carbocycles. The molecule has 1 aliphatic rings. The second-order valence-electron chi connectivity index (χ2n) is 8.27. The monoisotopic (exact) mass is 491 g/mol. The van der Waals surface area contributed by atoms with Crippen LogP contribution < -0.4 is 40.2 Å². The van der Waals surface area contributed by atoms with Gasteiger partial charge in [-0.1, -0.05) is 24.3 Å². The number of urea groups is 1. The van der Waals surface area contributed by atoms with Crippen LogP contribution >= 0.6 is 0 Å². The predicted molar refractivity (Wildman–Crippen MR) is 124 cm³/mol. The molecule has 0 aromatic heterocycles. The van der Waals surface area contributed by atoms with E-state index in [2.05, 4.69) is 10.6 Å². The van der Waals surface area contributed by atoms with Gasteiger partial charge in [-0.05, 0) is 60.7 Å². The molecule has 2 atom stereocenters. The summed E-state index contributed by atoms with van der Waals surface area (Å²) in [6, 6.07) is 6.47. The number of amides is 3. The van der Waals surface area contributed by atoms with Crippen molar-refractivity contribution in [2.75, 3.05) is 7.05 Å². The van der Waals surface area contributed by atoms with Crippen molar-refractivity contribution in [2.45, 2.75) is 39.3 Å². The molecule has 0 spiro atoms. The summed E-state index contributed by atoms with van der Waals surface area (Å²) < 4.78 is 14.6. The van der Waals surface area contributed by atoms with Crippen molar-refractivity contribution in [1.29, 1.82) is 0 Å². The number of hydrogen-bond donors (Lipinski definition) is 3. The summed E-state index contributed by atoms with van der Waals surface area (Å²) >= 11 is 0. The summed E-state index contributed by atoms with van der Waals surface area (Å²) in [7, 11) is 1.48. The van der Waals surface area contributed by atoms with E-state index in [9.17, 15) is 28.7 Å². The van der Waals surface area contributed by atoms with Crippen LogP contribution in [0.1, 0.15) is 37.5 Å². The van der Waals surface area contributed by atoms with E-state index in [-0.39, 0.29) is 36.5 Å². The van der Waals surface area contributed by atoms with Crippen molar-refractivity contribution in [3.05, 3.63) is 70.7 Å². The quantitative estimate of drug-likeness (QED) is 0.399. The Labute approximate surface area is 226 Å². The number of allylic oxidation sites excluding steroid dienone is 1. The first-order chi connectivity index (χ1) is 16.0. The molecule has 0 saturated heterocycles. The second-order valence-corrected chi connectivity index (χ2v) is 8.27. The number of aliphatic carboxylic acids is 1. The molecule has 3 amide bonds. The summed E-state index contributed by atoms with van der Waals surface area (Å²) in [4.78, 5) is 50.2. The predicted octanol–water partition coefficient (Wildman–Crippen LogP) is 0.355. The van der Waals surface area contributed by atoms with Crippen molar-refractivity contribution in [3.63, 3.8) is 0 Å². The van der Waals surface area contributed by atoms with Gasteiger partial charge in [0.1, 0.15) is 5.82 Å². The van der Waals surface area contributed by atoms with Gasteiger partial charge in [0.05, 0.1) is 12.5 Å². The van der Waals surface area contributed by atoms with Gasteiger partial charge in [0.2, 0.25) is 0 Å². The number of likely N-dealkylation sites (N-methyl/N-ethyl adjacent to an activating group) is 1. The van der Waals surface area contributed by atoms with Gasteiger partial charge in [-0.3, -0.25) is 14.4 Å². The van der Waals surface area contributed by atoms with Crippen LogP contribution in [0.15, 0.2) is 48.2 Å². The average Bonchev–Trinajstić information content (AvgIpc) is 2.76. The van der Waals surface area contributed by atoms with Gasteiger partial charge in [-0.15, -0.1) is 0 Å². The van der Waals surface area contributed by atoms with Crippen molar-refractivity contribution >= 4 is 23.7 Å². The Balaban J connectivity index is 0.00000324. The Morgan fingerprint density at radius 3 is 2.43 bits per heavy atom. The number of aryl methyl sites for hydroxylation is 1. The molecule has 10 heteroatoms. The number of ketones is 1. The molecule has 0 saturated carbocycles. The van der Waals surface area contributed by atoms with Gasteiger partial charge in [0, 0.05) is 18.8 Å². The number of carboxylic acid groups (broad SMARTS) is 1. The fourth-order valence-corrected chi connectivity index (χ4v) is 3.97. The van der Waals surface area contributed by atoms with Gasteiger partial charge < -0.3 is 22.1 Å². The van der Waals surface area contributed by atoms with Crippen LogP contribution in [0.4, 0.5) is 9.18 Å². The minimum atomic E-state index is -1.43. The van der Waals surface area contributed by atoms with Gasteiger partial charge in [0.25, 0.3) is 5.91 Å². The molecule has 0 bridgehead atoms. The molecule has 1 heterocycles. The molecule has 0 fully saturated rings. The topological polar surface area (TPSA) is 116 Å². The van der Waals surface area contributed by atoms with Gasteiger partial charge >= 0.3 is 41.6 Å². The summed E-state index contributed by atoms with van der Waals surface area (Å²) in [5.74, 6) is -3.00. The van der Waals surface area contributed by atoms with Crippen molar-refractivity contribution in [3.8, 4) is 11.1 Å². The molecule has 2 unspecified atom stereocenters.